The number of hydrogen-bond donors (Lipinski definition) is 2. The van der Waals surface area contributed by atoms with Crippen molar-refractivity contribution in [1.82, 2.24) is 34.8 Å². The summed E-state index contributed by atoms with van der Waals surface area (Å²) in [6.45, 7) is 0.660. The van der Waals surface area contributed by atoms with Crippen LogP contribution in [0.3, 0.4) is 0 Å². The summed E-state index contributed by atoms with van der Waals surface area (Å²) in [5.74, 6) is 1.52. The first-order chi connectivity index (χ1) is 19.6. The fourth-order valence-corrected chi connectivity index (χ4v) is 4.38. The van der Waals surface area contributed by atoms with Crippen molar-refractivity contribution in [2.45, 2.75) is 6.54 Å². The Morgan fingerprint density at radius 2 is 1.80 bits per heavy atom. The smallest absolute Gasteiger partial charge is 0.269 e. The number of aryl methyl sites for hydroxylation is 1. The zero-order chi connectivity index (χ0) is 27.5. The monoisotopic (exact) mass is 530 g/mol. The molecule has 0 aliphatic heterocycles. The minimum Gasteiger partial charge on any atom is -0.457 e. The number of amides is 1. The van der Waals surface area contributed by atoms with Gasteiger partial charge in [0.2, 0.25) is 5.95 Å². The van der Waals surface area contributed by atoms with Crippen molar-refractivity contribution < 1.29 is 9.53 Å². The molecule has 3 aromatic carbocycles. The number of hydrogen-bond acceptors (Lipinski definition) is 7. The van der Waals surface area contributed by atoms with E-state index in [1.165, 1.54) is 5.56 Å². The summed E-state index contributed by atoms with van der Waals surface area (Å²) in [5, 5.41) is 14.6. The first kappa shape index (κ1) is 24.8. The first-order valence-corrected chi connectivity index (χ1v) is 12.7. The Labute approximate surface area is 230 Å². The van der Waals surface area contributed by atoms with E-state index >= 15 is 0 Å². The number of pyridine rings is 1. The molecule has 2 N–H and O–H groups in total. The molecular weight excluding hydrogens is 504 g/mol. The number of imidazole rings is 1. The number of anilines is 2. The lowest BCUT2D eigenvalue weighted by molar-refractivity contribution is 0.0958. The molecule has 40 heavy (non-hydrogen) atoms. The minimum absolute atomic E-state index is 0.276. The fraction of sp³-hybridized carbons (Fsp3) is 0.100. The molecule has 6 aromatic rings. The van der Waals surface area contributed by atoms with E-state index in [1.54, 1.807) is 25.4 Å². The standard InChI is InChI=1S/C30H26N8O2/c1-31-29(39)26-17-24(13-14-32-26)40-23-11-12-28-25(16-23)34-30(37(28)2)33-22-10-6-9-21(15-22)27-19-38(36-35-27)18-20-7-4-3-5-8-20/h3-17,19H,18H2,1-2H3,(H,31,39)(H,33,34). The van der Waals surface area contributed by atoms with Crippen molar-refractivity contribution in [3.05, 3.63) is 109 Å². The summed E-state index contributed by atoms with van der Waals surface area (Å²) >= 11 is 0. The number of ether oxygens (including phenoxy) is 1. The lowest BCUT2D eigenvalue weighted by atomic mass is 10.1. The quantitative estimate of drug-likeness (QED) is 0.279. The van der Waals surface area contributed by atoms with Crippen LogP contribution in [0.15, 0.2) is 97.3 Å². The summed E-state index contributed by atoms with van der Waals surface area (Å²) in [4.78, 5) is 20.8. The molecule has 10 nitrogen and oxygen atoms in total. The van der Waals surface area contributed by atoms with Crippen LogP contribution in [-0.2, 0) is 13.6 Å². The molecule has 10 heteroatoms. The van der Waals surface area contributed by atoms with Gasteiger partial charge in [0.05, 0.1) is 23.8 Å². The van der Waals surface area contributed by atoms with Gasteiger partial charge >= 0.3 is 0 Å². The Bertz CT molecular complexity index is 1810. The molecule has 0 fully saturated rings. The highest BCUT2D eigenvalue weighted by atomic mass is 16.5. The van der Waals surface area contributed by atoms with Crippen molar-refractivity contribution in [1.29, 1.82) is 0 Å². The van der Waals surface area contributed by atoms with Gasteiger partial charge in [0.15, 0.2) is 0 Å². The summed E-state index contributed by atoms with van der Waals surface area (Å²) in [7, 11) is 3.52. The second kappa shape index (κ2) is 10.7. The maximum absolute atomic E-state index is 11.9. The summed E-state index contributed by atoms with van der Waals surface area (Å²) < 4.78 is 9.81. The van der Waals surface area contributed by atoms with Crippen molar-refractivity contribution in [3.8, 4) is 22.8 Å². The highest BCUT2D eigenvalue weighted by Crippen LogP contribution is 2.29. The van der Waals surface area contributed by atoms with Crippen LogP contribution in [0, 0.1) is 0 Å². The molecule has 1 amide bonds. The predicted octanol–water partition coefficient (Wildman–Crippen LogP) is 5.17. The van der Waals surface area contributed by atoms with Gasteiger partial charge in [0.1, 0.15) is 22.9 Å². The average Bonchev–Trinajstić information content (AvgIpc) is 3.57. The van der Waals surface area contributed by atoms with E-state index in [0.717, 1.165) is 28.0 Å². The number of nitrogens with zero attached hydrogens (tertiary/aromatic N) is 6. The van der Waals surface area contributed by atoms with Crippen molar-refractivity contribution in [2.24, 2.45) is 7.05 Å². The number of nitrogens with one attached hydrogen (secondary N) is 2. The molecule has 0 saturated carbocycles. The fourth-order valence-electron chi connectivity index (χ4n) is 4.38. The highest BCUT2D eigenvalue weighted by molar-refractivity contribution is 5.92. The molecule has 0 bridgehead atoms. The third-order valence-electron chi connectivity index (χ3n) is 6.42. The number of carbonyl (C=O) groups excluding carboxylic acids is 1. The van der Waals surface area contributed by atoms with E-state index in [4.69, 9.17) is 9.72 Å². The third kappa shape index (κ3) is 5.23. The van der Waals surface area contributed by atoms with Gasteiger partial charge in [0.25, 0.3) is 5.91 Å². The summed E-state index contributed by atoms with van der Waals surface area (Å²) in [5.41, 5.74) is 5.78. The highest BCUT2D eigenvalue weighted by Gasteiger charge is 2.12. The van der Waals surface area contributed by atoms with Crippen LogP contribution in [0.4, 0.5) is 11.6 Å². The lowest BCUT2D eigenvalue weighted by Crippen LogP contribution is -2.18. The predicted molar refractivity (Wildman–Crippen MR) is 153 cm³/mol. The third-order valence-corrected chi connectivity index (χ3v) is 6.42. The van der Waals surface area contributed by atoms with Crippen LogP contribution in [0.1, 0.15) is 16.1 Å². The van der Waals surface area contributed by atoms with E-state index in [-0.39, 0.29) is 11.6 Å². The Balaban J connectivity index is 1.20. The molecule has 0 unspecified atom stereocenters. The van der Waals surface area contributed by atoms with Gasteiger partial charge in [-0.2, -0.15) is 0 Å². The van der Waals surface area contributed by atoms with Gasteiger partial charge in [-0.1, -0.05) is 47.7 Å². The van der Waals surface area contributed by atoms with E-state index in [9.17, 15) is 4.79 Å². The van der Waals surface area contributed by atoms with Gasteiger partial charge < -0.3 is 19.9 Å². The SMILES string of the molecule is CNC(=O)c1cc(Oc2ccc3c(c2)nc(Nc2cccc(-c4cn(Cc5ccccc5)nn4)c2)n3C)ccn1. The molecule has 0 atom stereocenters. The molecule has 0 aliphatic carbocycles. The zero-order valence-electron chi connectivity index (χ0n) is 21.9. The van der Waals surface area contributed by atoms with Gasteiger partial charge in [-0.3, -0.25) is 9.78 Å². The largest absolute Gasteiger partial charge is 0.457 e. The van der Waals surface area contributed by atoms with Crippen LogP contribution < -0.4 is 15.4 Å². The minimum atomic E-state index is -0.276. The van der Waals surface area contributed by atoms with Crippen LogP contribution in [0.2, 0.25) is 0 Å². The Kier molecular flexibility index (Phi) is 6.63. The van der Waals surface area contributed by atoms with Crippen LogP contribution in [0.5, 0.6) is 11.5 Å². The number of aromatic nitrogens is 6. The second-order valence-corrected chi connectivity index (χ2v) is 9.20. The number of fused-ring (bicyclic) bond motifs is 1. The van der Waals surface area contributed by atoms with Crippen LogP contribution >= 0.6 is 0 Å². The normalized spacial score (nSPS) is 10.9. The van der Waals surface area contributed by atoms with Crippen LogP contribution in [-0.4, -0.2) is 42.5 Å². The first-order valence-electron chi connectivity index (χ1n) is 12.7. The molecule has 198 valence electrons. The number of rotatable bonds is 8. The van der Waals surface area contributed by atoms with Gasteiger partial charge in [0, 0.05) is 43.7 Å². The Morgan fingerprint density at radius 3 is 2.65 bits per heavy atom. The molecule has 3 heterocycles. The molecule has 0 radical (unpaired) electrons. The van der Waals surface area contributed by atoms with E-state index < -0.39 is 0 Å². The lowest BCUT2D eigenvalue weighted by Gasteiger charge is -2.08. The molecule has 0 aliphatic rings. The second-order valence-electron chi connectivity index (χ2n) is 9.20. The summed E-state index contributed by atoms with van der Waals surface area (Å²) in [6.07, 6.45) is 3.49. The van der Waals surface area contributed by atoms with Gasteiger partial charge in [-0.05, 0) is 35.9 Å². The molecular formula is C30H26N8O2. The van der Waals surface area contributed by atoms with Gasteiger partial charge in [-0.15, -0.1) is 5.10 Å². The topological polar surface area (TPSA) is 112 Å². The van der Waals surface area contributed by atoms with Crippen molar-refractivity contribution >= 4 is 28.6 Å². The Hall–Kier alpha value is -5.51. The van der Waals surface area contributed by atoms with Gasteiger partial charge in [-0.25, -0.2) is 9.67 Å². The number of benzene rings is 3. The maximum Gasteiger partial charge on any atom is 0.269 e. The molecule has 0 saturated heterocycles. The van der Waals surface area contributed by atoms with Crippen molar-refractivity contribution in [3.63, 3.8) is 0 Å². The van der Waals surface area contributed by atoms with Crippen molar-refractivity contribution in [2.75, 3.05) is 12.4 Å². The van der Waals surface area contributed by atoms with E-state index in [2.05, 4.69) is 38.1 Å². The zero-order valence-corrected chi connectivity index (χ0v) is 21.9. The average molecular weight is 531 g/mol. The Morgan fingerprint density at radius 1 is 0.950 bits per heavy atom. The van der Waals surface area contributed by atoms with E-state index in [0.29, 0.717) is 24.0 Å². The maximum atomic E-state index is 11.9. The van der Waals surface area contributed by atoms with E-state index in [1.807, 2.05) is 83.2 Å². The molecule has 3 aromatic heterocycles. The number of carbonyl (C=O) groups is 1. The molecule has 0 spiro atoms. The van der Waals surface area contributed by atoms with Crippen LogP contribution in [0.25, 0.3) is 22.3 Å². The molecule has 6 rings (SSSR count). The summed E-state index contributed by atoms with van der Waals surface area (Å²) in [6, 6.07) is 27.2.